The second-order valence-corrected chi connectivity index (χ2v) is 6.93. The topological polar surface area (TPSA) is 86.5 Å². The van der Waals surface area contributed by atoms with Crippen LogP contribution in [0.1, 0.15) is 6.92 Å². The Labute approximate surface area is 117 Å². The summed E-state index contributed by atoms with van der Waals surface area (Å²) in [5.74, 6) is -3.85. The van der Waals surface area contributed by atoms with E-state index in [1.54, 1.807) is 0 Å². The molecule has 0 aromatic heterocycles. The fourth-order valence-electron chi connectivity index (χ4n) is 1.39. The lowest BCUT2D eigenvalue weighted by Crippen LogP contribution is -2.17. The first kappa shape index (κ1) is 16.6. The average molecular weight is 330 g/mol. The van der Waals surface area contributed by atoms with Crippen molar-refractivity contribution in [2.24, 2.45) is 5.92 Å². The van der Waals surface area contributed by atoms with E-state index in [-0.39, 0.29) is 6.61 Å². The third kappa shape index (κ3) is 4.89. The Bertz CT molecular complexity index is 622. The van der Waals surface area contributed by atoms with Crippen LogP contribution in [0.15, 0.2) is 12.1 Å². The van der Waals surface area contributed by atoms with Gasteiger partial charge >= 0.3 is 5.69 Å². The van der Waals surface area contributed by atoms with Gasteiger partial charge < -0.3 is 4.74 Å². The molecule has 0 saturated heterocycles. The Morgan fingerprint density at radius 1 is 1.40 bits per heavy atom. The molecule has 0 aliphatic carbocycles. The molecule has 0 saturated carbocycles. The van der Waals surface area contributed by atoms with Crippen molar-refractivity contribution in [3.05, 3.63) is 33.9 Å². The molecule has 20 heavy (non-hydrogen) atoms. The minimum absolute atomic E-state index is 0.236. The SMILES string of the molecule is CC(COc1cc(F)c([N+](=O)[O-])cc1F)CS(=O)(=O)Cl. The molecule has 112 valence electrons. The predicted molar refractivity (Wildman–Crippen MR) is 67.3 cm³/mol. The number of halogens is 3. The van der Waals surface area contributed by atoms with Crippen LogP contribution in [0.5, 0.6) is 5.75 Å². The summed E-state index contributed by atoms with van der Waals surface area (Å²) in [5, 5.41) is 10.4. The first-order valence-electron chi connectivity index (χ1n) is 5.28. The Morgan fingerprint density at radius 3 is 2.50 bits per heavy atom. The molecule has 0 aliphatic heterocycles. The van der Waals surface area contributed by atoms with Crippen LogP contribution in [0.3, 0.4) is 0 Å². The maximum atomic E-state index is 13.4. The van der Waals surface area contributed by atoms with Crippen LogP contribution in [-0.4, -0.2) is 25.7 Å². The molecule has 1 aromatic rings. The lowest BCUT2D eigenvalue weighted by Gasteiger charge is -2.12. The van der Waals surface area contributed by atoms with E-state index in [0.29, 0.717) is 12.1 Å². The summed E-state index contributed by atoms with van der Waals surface area (Å²) >= 11 is 0. The van der Waals surface area contributed by atoms with Crippen LogP contribution in [0, 0.1) is 27.7 Å². The van der Waals surface area contributed by atoms with Crippen molar-refractivity contribution in [1.82, 2.24) is 0 Å². The fourth-order valence-corrected chi connectivity index (χ4v) is 2.81. The van der Waals surface area contributed by atoms with Crippen LogP contribution in [0.2, 0.25) is 0 Å². The van der Waals surface area contributed by atoms with Crippen molar-refractivity contribution < 1.29 is 26.9 Å². The molecule has 0 spiro atoms. The van der Waals surface area contributed by atoms with Gasteiger partial charge in [0.05, 0.1) is 23.3 Å². The molecular weight excluding hydrogens is 320 g/mol. The highest BCUT2D eigenvalue weighted by molar-refractivity contribution is 8.13. The summed E-state index contributed by atoms with van der Waals surface area (Å²) in [5.41, 5.74) is -1.01. The van der Waals surface area contributed by atoms with Crippen LogP contribution >= 0.6 is 10.7 Å². The van der Waals surface area contributed by atoms with Gasteiger partial charge in [0.2, 0.25) is 14.9 Å². The van der Waals surface area contributed by atoms with Gasteiger partial charge in [-0.05, 0) is 0 Å². The van der Waals surface area contributed by atoms with E-state index in [4.69, 9.17) is 15.4 Å². The normalized spacial score (nSPS) is 13.0. The minimum atomic E-state index is -3.73. The van der Waals surface area contributed by atoms with Gasteiger partial charge in [-0.15, -0.1) is 0 Å². The predicted octanol–water partition coefficient (Wildman–Crippen LogP) is 2.46. The molecule has 1 unspecified atom stereocenters. The number of hydrogen-bond donors (Lipinski definition) is 0. The number of hydrogen-bond acceptors (Lipinski definition) is 5. The van der Waals surface area contributed by atoms with Crippen LogP contribution in [0.25, 0.3) is 0 Å². The van der Waals surface area contributed by atoms with Gasteiger partial charge in [-0.2, -0.15) is 4.39 Å². The van der Waals surface area contributed by atoms with Gasteiger partial charge in [-0.3, -0.25) is 10.1 Å². The summed E-state index contributed by atoms with van der Waals surface area (Å²) in [6.45, 7) is 1.25. The molecule has 1 aromatic carbocycles. The summed E-state index contributed by atoms with van der Waals surface area (Å²) in [7, 11) is 1.30. The van der Waals surface area contributed by atoms with Crippen LogP contribution in [-0.2, 0) is 9.05 Å². The Morgan fingerprint density at radius 2 is 2.00 bits per heavy atom. The number of nitro benzene ring substituents is 1. The zero-order valence-corrected chi connectivity index (χ0v) is 11.7. The standard InChI is InChI=1S/C10H10ClF2NO5S/c1-6(5-20(11,17)18)4-19-10-3-7(12)9(14(15)16)2-8(10)13/h2-3,6H,4-5H2,1H3. The fraction of sp³-hybridized carbons (Fsp3) is 0.400. The first-order chi connectivity index (χ1) is 9.10. The lowest BCUT2D eigenvalue weighted by atomic mass is 10.2. The molecule has 0 fully saturated rings. The molecule has 0 bridgehead atoms. The number of nitro groups is 1. The monoisotopic (exact) mass is 329 g/mol. The molecule has 10 heteroatoms. The molecule has 0 heterocycles. The zero-order chi connectivity index (χ0) is 15.5. The van der Waals surface area contributed by atoms with E-state index >= 15 is 0 Å². The van der Waals surface area contributed by atoms with Gasteiger partial charge in [0, 0.05) is 22.7 Å². The van der Waals surface area contributed by atoms with Crippen molar-refractivity contribution in [1.29, 1.82) is 0 Å². The third-order valence-electron chi connectivity index (χ3n) is 2.20. The number of rotatable bonds is 6. The lowest BCUT2D eigenvalue weighted by molar-refractivity contribution is -0.387. The summed E-state index contributed by atoms with van der Waals surface area (Å²) in [6, 6.07) is 0.934. The van der Waals surface area contributed by atoms with Crippen molar-refractivity contribution in [3.8, 4) is 5.75 Å². The Hall–Kier alpha value is -1.48. The van der Waals surface area contributed by atoms with E-state index in [2.05, 4.69) is 0 Å². The minimum Gasteiger partial charge on any atom is -0.490 e. The Kier molecular flexibility index (Phi) is 5.23. The van der Waals surface area contributed by atoms with Gasteiger partial charge in [0.15, 0.2) is 11.6 Å². The van der Waals surface area contributed by atoms with E-state index < -0.39 is 48.7 Å². The first-order valence-corrected chi connectivity index (χ1v) is 7.76. The second-order valence-electron chi connectivity index (χ2n) is 4.11. The molecule has 0 amide bonds. The zero-order valence-electron chi connectivity index (χ0n) is 10.2. The smallest absolute Gasteiger partial charge is 0.307 e. The van der Waals surface area contributed by atoms with Crippen molar-refractivity contribution in [3.63, 3.8) is 0 Å². The number of benzene rings is 1. The van der Waals surface area contributed by atoms with Crippen LogP contribution < -0.4 is 4.74 Å². The third-order valence-corrected chi connectivity index (χ3v) is 3.55. The van der Waals surface area contributed by atoms with Crippen molar-refractivity contribution in [2.75, 3.05) is 12.4 Å². The van der Waals surface area contributed by atoms with Gasteiger partial charge in [-0.25, -0.2) is 12.8 Å². The van der Waals surface area contributed by atoms with E-state index in [9.17, 15) is 27.3 Å². The highest BCUT2D eigenvalue weighted by atomic mass is 35.7. The van der Waals surface area contributed by atoms with Gasteiger partial charge in [0.25, 0.3) is 0 Å². The van der Waals surface area contributed by atoms with Crippen LogP contribution in [0.4, 0.5) is 14.5 Å². The number of nitrogens with zero attached hydrogens (tertiary/aromatic N) is 1. The highest BCUT2D eigenvalue weighted by Crippen LogP contribution is 2.26. The number of ether oxygens (including phenoxy) is 1. The second kappa shape index (κ2) is 6.31. The average Bonchev–Trinajstić information content (AvgIpc) is 2.27. The van der Waals surface area contributed by atoms with E-state index in [1.807, 2.05) is 0 Å². The summed E-state index contributed by atoms with van der Waals surface area (Å²) in [4.78, 5) is 9.32. The Balaban J connectivity index is 2.79. The van der Waals surface area contributed by atoms with Gasteiger partial charge in [0.1, 0.15) is 0 Å². The molecule has 1 rings (SSSR count). The molecule has 0 aliphatic rings. The molecule has 0 N–H and O–H groups in total. The van der Waals surface area contributed by atoms with Crippen molar-refractivity contribution in [2.45, 2.75) is 6.92 Å². The summed E-state index contributed by atoms with van der Waals surface area (Å²) < 4.78 is 53.2. The summed E-state index contributed by atoms with van der Waals surface area (Å²) in [6.07, 6.45) is 0. The van der Waals surface area contributed by atoms with E-state index in [1.165, 1.54) is 6.92 Å². The quantitative estimate of drug-likeness (QED) is 0.454. The largest absolute Gasteiger partial charge is 0.490 e. The van der Waals surface area contributed by atoms with Gasteiger partial charge in [-0.1, -0.05) is 6.92 Å². The molecule has 1 atom stereocenters. The molecule has 0 radical (unpaired) electrons. The molecule has 6 nitrogen and oxygen atoms in total. The van der Waals surface area contributed by atoms with Crippen molar-refractivity contribution >= 4 is 25.4 Å². The van der Waals surface area contributed by atoms with E-state index in [0.717, 1.165) is 0 Å². The maximum absolute atomic E-state index is 13.4. The molecular formula is C10H10ClF2NO5S. The highest BCUT2D eigenvalue weighted by Gasteiger charge is 2.20. The maximum Gasteiger partial charge on any atom is 0.307 e.